The summed E-state index contributed by atoms with van der Waals surface area (Å²) in [5.74, 6) is -0.362. The van der Waals surface area contributed by atoms with Crippen LogP contribution in [0, 0.1) is 5.92 Å². The van der Waals surface area contributed by atoms with Crippen molar-refractivity contribution in [2.45, 2.75) is 44.8 Å². The third kappa shape index (κ3) is 4.67. The lowest BCUT2D eigenvalue weighted by Gasteiger charge is -2.20. The lowest BCUT2D eigenvalue weighted by atomic mass is 9.94. The first-order chi connectivity index (χ1) is 10.1. The summed E-state index contributed by atoms with van der Waals surface area (Å²) in [6, 6.07) is 5.84. The van der Waals surface area contributed by atoms with E-state index in [2.05, 4.69) is 10.1 Å². The van der Waals surface area contributed by atoms with Gasteiger partial charge in [-0.05, 0) is 25.0 Å². The standard InChI is InChI=1S/C15H20F2N2O2/c16-15(17)21-11-6-4-5-10(9-11)19-14(20)12-7-2-1-3-8-13(12)18/h4-6,9,12-13,15H,1-3,7-8,18H2,(H,19,20). The van der Waals surface area contributed by atoms with Crippen molar-refractivity contribution in [1.82, 2.24) is 0 Å². The predicted molar refractivity (Wildman–Crippen MR) is 76.3 cm³/mol. The highest BCUT2D eigenvalue weighted by Gasteiger charge is 2.27. The molecular weight excluding hydrogens is 278 g/mol. The molecule has 1 aromatic rings. The lowest BCUT2D eigenvalue weighted by Crippen LogP contribution is -2.37. The first-order valence-corrected chi connectivity index (χ1v) is 7.17. The van der Waals surface area contributed by atoms with E-state index < -0.39 is 6.61 Å². The molecule has 1 aliphatic carbocycles. The number of carbonyl (C=O) groups excluding carboxylic acids is 1. The van der Waals surface area contributed by atoms with Gasteiger partial charge in [0, 0.05) is 17.8 Å². The molecule has 1 amide bonds. The van der Waals surface area contributed by atoms with Gasteiger partial charge in [-0.2, -0.15) is 8.78 Å². The second kappa shape index (κ2) is 7.36. The largest absolute Gasteiger partial charge is 0.435 e. The van der Waals surface area contributed by atoms with E-state index in [1.807, 2.05) is 0 Å². The molecule has 2 unspecified atom stereocenters. The minimum atomic E-state index is -2.88. The van der Waals surface area contributed by atoms with Crippen molar-refractivity contribution in [2.75, 3.05) is 5.32 Å². The third-order valence-electron chi connectivity index (χ3n) is 3.73. The Kier molecular flexibility index (Phi) is 5.50. The van der Waals surface area contributed by atoms with Crippen LogP contribution in [0.4, 0.5) is 14.5 Å². The van der Waals surface area contributed by atoms with Gasteiger partial charge in [0.15, 0.2) is 0 Å². The minimum absolute atomic E-state index is 0.0213. The van der Waals surface area contributed by atoms with Crippen LogP contribution in [-0.4, -0.2) is 18.6 Å². The molecule has 3 N–H and O–H groups in total. The zero-order chi connectivity index (χ0) is 15.2. The molecular formula is C15H20F2N2O2. The summed E-state index contributed by atoms with van der Waals surface area (Å²) in [6.45, 7) is -2.88. The highest BCUT2D eigenvalue weighted by Crippen LogP contribution is 2.25. The molecule has 4 nitrogen and oxygen atoms in total. The number of hydrogen-bond donors (Lipinski definition) is 2. The molecule has 1 aliphatic rings. The van der Waals surface area contributed by atoms with Crippen molar-refractivity contribution in [3.63, 3.8) is 0 Å². The Hall–Kier alpha value is -1.69. The Morgan fingerprint density at radius 2 is 2.05 bits per heavy atom. The van der Waals surface area contributed by atoms with Gasteiger partial charge in [-0.15, -0.1) is 0 Å². The number of nitrogens with one attached hydrogen (secondary N) is 1. The second-order valence-corrected chi connectivity index (χ2v) is 5.30. The van der Waals surface area contributed by atoms with Gasteiger partial charge in [-0.1, -0.05) is 25.3 Å². The fourth-order valence-corrected chi connectivity index (χ4v) is 2.65. The molecule has 0 spiro atoms. The van der Waals surface area contributed by atoms with E-state index in [4.69, 9.17) is 5.73 Å². The van der Waals surface area contributed by atoms with Crippen LogP contribution in [-0.2, 0) is 4.79 Å². The van der Waals surface area contributed by atoms with E-state index in [9.17, 15) is 13.6 Å². The van der Waals surface area contributed by atoms with E-state index in [1.165, 1.54) is 12.1 Å². The molecule has 0 aliphatic heterocycles. The Morgan fingerprint density at radius 1 is 1.29 bits per heavy atom. The van der Waals surface area contributed by atoms with Gasteiger partial charge >= 0.3 is 6.61 Å². The summed E-state index contributed by atoms with van der Waals surface area (Å²) in [5.41, 5.74) is 6.48. The summed E-state index contributed by atoms with van der Waals surface area (Å²) in [6.07, 6.45) is 4.73. The molecule has 6 heteroatoms. The zero-order valence-corrected chi connectivity index (χ0v) is 11.7. The van der Waals surface area contributed by atoms with Crippen molar-refractivity contribution in [2.24, 2.45) is 11.7 Å². The van der Waals surface area contributed by atoms with Crippen molar-refractivity contribution in [3.8, 4) is 5.75 Å². The number of anilines is 1. The van der Waals surface area contributed by atoms with Crippen molar-refractivity contribution >= 4 is 11.6 Å². The topological polar surface area (TPSA) is 64.4 Å². The molecule has 0 saturated heterocycles. The van der Waals surface area contributed by atoms with E-state index in [-0.39, 0.29) is 23.6 Å². The van der Waals surface area contributed by atoms with Crippen molar-refractivity contribution in [1.29, 1.82) is 0 Å². The molecule has 0 heterocycles. The van der Waals surface area contributed by atoms with Crippen LogP contribution in [0.5, 0.6) is 5.75 Å². The molecule has 0 bridgehead atoms. The van der Waals surface area contributed by atoms with Gasteiger partial charge < -0.3 is 15.8 Å². The highest BCUT2D eigenvalue weighted by atomic mass is 19.3. The third-order valence-corrected chi connectivity index (χ3v) is 3.73. The maximum absolute atomic E-state index is 12.3. The SMILES string of the molecule is NC1CCCCCC1C(=O)Nc1cccc(OC(F)F)c1. The summed E-state index contributed by atoms with van der Waals surface area (Å²) < 4.78 is 28.7. The number of amides is 1. The van der Waals surface area contributed by atoms with E-state index in [1.54, 1.807) is 12.1 Å². The molecule has 1 fully saturated rings. The number of ether oxygens (including phenoxy) is 1. The Morgan fingerprint density at radius 3 is 2.81 bits per heavy atom. The average molecular weight is 298 g/mol. The van der Waals surface area contributed by atoms with Crippen LogP contribution in [0.25, 0.3) is 0 Å². The van der Waals surface area contributed by atoms with Gasteiger partial charge in [-0.25, -0.2) is 0 Å². The summed E-state index contributed by atoms with van der Waals surface area (Å²) in [7, 11) is 0. The summed E-state index contributed by atoms with van der Waals surface area (Å²) >= 11 is 0. The lowest BCUT2D eigenvalue weighted by molar-refractivity contribution is -0.120. The van der Waals surface area contributed by atoms with Crippen LogP contribution in [0.3, 0.4) is 0 Å². The molecule has 0 radical (unpaired) electrons. The highest BCUT2D eigenvalue weighted by molar-refractivity contribution is 5.93. The van der Waals surface area contributed by atoms with Gasteiger partial charge in [0.05, 0.1) is 5.92 Å². The Bertz CT molecular complexity index is 482. The van der Waals surface area contributed by atoms with E-state index >= 15 is 0 Å². The van der Waals surface area contributed by atoms with Crippen LogP contribution in [0.2, 0.25) is 0 Å². The van der Waals surface area contributed by atoms with Gasteiger partial charge in [0.1, 0.15) is 5.75 Å². The first-order valence-electron chi connectivity index (χ1n) is 7.17. The Balaban J connectivity index is 2.01. The van der Waals surface area contributed by atoms with E-state index in [0.29, 0.717) is 5.69 Å². The molecule has 0 aromatic heterocycles. The maximum Gasteiger partial charge on any atom is 0.387 e. The van der Waals surface area contributed by atoms with Gasteiger partial charge in [-0.3, -0.25) is 4.79 Å². The van der Waals surface area contributed by atoms with Crippen LogP contribution < -0.4 is 15.8 Å². The normalized spacial score (nSPS) is 22.7. The molecule has 2 atom stereocenters. The van der Waals surface area contributed by atoms with E-state index in [0.717, 1.165) is 32.1 Å². The number of halogens is 2. The Labute approximate surface area is 122 Å². The molecule has 1 aromatic carbocycles. The number of hydrogen-bond acceptors (Lipinski definition) is 3. The fraction of sp³-hybridized carbons (Fsp3) is 0.533. The molecule has 116 valence electrons. The van der Waals surface area contributed by atoms with Crippen LogP contribution in [0.1, 0.15) is 32.1 Å². The quantitative estimate of drug-likeness (QED) is 0.839. The summed E-state index contributed by atoms with van der Waals surface area (Å²) in [5, 5.41) is 2.74. The van der Waals surface area contributed by atoms with Gasteiger partial charge in [0.2, 0.25) is 5.91 Å². The monoisotopic (exact) mass is 298 g/mol. The van der Waals surface area contributed by atoms with Crippen LogP contribution in [0.15, 0.2) is 24.3 Å². The molecule has 1 saturated carbocycles. The maximum atomic E-state index is 12.3. The van der Waals surface area contributed by atoms with Crippen molar-refractivity contribution < 1.29 is 18.3 Å². The first kappa shape index (κ1) is 15.7. The number of benzene rings is 1. The average Bonchev–Trinajstić information content (AvgIpc) is 2.63. The predicted octanol–water partition coefficient (Wildman–Crippen LogP) is 3.13. The molecule has 21 heavy (non-hydrogen) atoms. The van der Waals surface area contributed by atoms with Crippen LogP contribution >= 0.6 is 0 Å². The second-order valence-electron chi connectivity index (χ2n) is 5.30. The summed E-state index contributed by atoms with van der Waals surface area (Å²) in [4.78, 5) is 12.3. The zero-order valence-electron chi connectivity index (χ0n) is 11.7. The number of rotatable bonds is 4. The van der Waals surface area contributed by atoms with Crippen molar-refractivity contribution in [3.05, 3.63) is 24.3 Å². The molecule has 2 rings (SSSR count). The number of alkyl halides is 2. The fourth-order valence-electron chi connectivity index (χ4n) is 2.65. The van der Waals surface area contributed by atoms with Gasteiger partial charge in [0.25, 0.3) is 0 Å². The number of nitrogens with two attached hydrogens (primary N) is 1. The smallest absolute Gasteiger partial charge is 0.387 e. The minimum Gasteiger partial charge on any atom is -0.435 e. The number of carbonyl (C=O) groups is 1.